The predicted molar refractivity (Wildman–Crippen MR) is 96.3 cm³/mol. The lowest BCUT2D eigenvalue weighted by atomic mass is 9.90. The maximum atomic E-state index is 12.9. The summed E-state index contributed by atoms with van der Waals surface area (Å²) in [6.07, 6.45) is 3.48. The van der Waals surface area contributed by atoms with E-state index in [-0.39, 0.29) is 11.8 Å². The van der Waals surface area contributed by atoms with Gasteiger partial charge in [0.05, 0.1) is 17.8 Å². The molecule has 0 fully saturated rings. The fraction of sp³-hybridized carbons (Fsp3) is 0.158. The molecule has 2 aromatic carbocycles. The number of aromatic nitrogens is 1. The maximum Gasteiger partial charge on any atom is 0.233 e. The van der Waals surface area contributed by atoms with Crippen LogP contribution in [0.4, 0.5) is 5.69 Å². The third kappa shape index (κ3) is 2.75. The zero-order valence-electron chi connectivity index (χ0n) is 12.9. The summed E-state index contributed by atoms with van der Waals surface area (Å²) in [5, 5.41) is 8.96. The number of hydrogen-bond acceptors (Lipinski definition) is 3. The molecule has 0 spiro atoms. The molecule has 1 aliphatic rings. The molecule has 0 bridgehead atoms. The Kier molecular flexibility index (Phi) is 3.92. The highest BCUT2D eigenvalue weighted by atomic mass is 35.5. The minimum Gasteiger partial charge on any atom is -0.324 e. The smallest absolute Gasteiger partial charge is 0.233 e. The molecule has 1 aromatic heterocycles. The monoisotopic (exact) mass is 337 g/mol. The first-order valence-corrected chi connectivity index (χ1v) is 8.23. The molecular weight excluding hydrogens is 322 g/mol. The number of carbonyl (C=O) groups excluding carboxylic acids is 1. The highest BCUT2D eigenvalue weighted by Crippen LogP contribution is 2.29. The first-order chi connectivity index (χ1) is 11.7. The Hall–Kier alpha value is -2.43. The van der Waals surface area contributed by atoms with Crippen molar-refractivity contribution < 1.29 is 4.79 Å². The maximum absolute atomic E-state index is 12.9. The molecule has 2 heterocycles. The standard InChI is InChI=1S/C19H16ClN3O/c20-14-6-5-13-9-21-10-17(16(13)7-14)19(24)23-18-11-22-8-12-3-1-2-4-15(12)18/h1-8,11,17,21H,9-10H2,(H,23,24)/t17-/m0/s1. The van der Waals surface area contributed by atoms with Crippen LogP contribution in [0.1, 0.15) is 17.0 Å². The summed E-state index contributed by atoms with van der Waals surface area (Å²) in [5.74, 6) is -0.324. The molecule has 4 rings (SSSR count). The summed E-state index contributed by atoms with van der Waals surface area (Å²) in [6.45, 7) is 1.35. The average molecular weight is 338 g/mol. The highest BCUT2D eigenvalue weighted by molar-refractivity contribution is 6.30. The van der Waals surface area contributed by atoms with Crippen LogP contribution in [0.25, 0.3) is 10.8 Å². The fourth-order valence-corrected chi connectivity index (χ4v) is 3.36. The van der Waals surface area contributed by atoms with Gasteiger partial charge in [-0.2, -0.15) is 0 Å². The van der Waals surface area contributed by atoms with Crippen molar-refractivity contribution in [1.82, 2.24) is 10.3 Å². The molecule has 1 aliphatic heterocycles. The molecule has 120 valence electrons. The van der Waals surface area contributed by atoms with Gasteiger partial charge in [0.1, 0.15) is 0 Å². The van der Waals surface area contributed by atoms with Gasteiger partial charge in [0.15, 0.2) is 0 Å². The molecule has 0 unspecified atom stereocenters. The number of rotatable bonds is 2. The topological polar surface area (TPSA) is 54.0 Å². The largest absolute Gasteiger partial charge is 0.324 e. The Morgan fingerprint density at radius 2 is 2.08 bits per heavy atom. The summed E-state index contributed by atoms with van der Waals surface area (Å²) in [7, 11) is 0. The van der Waals surface area contributed by atoms with Crippen molar-refractivity contribution in [1.29, 1.82) is 0 Å². The van der Waals surface area contributed by atoms with E-state index in [0.717, 1.165) is 34.1 Å². The van der Waals surface area contributed by atoms with E-state index in [1.807, 2.05) is 42.5 Å². The number of hydrogen-bond donors (Lipinski definition) is 2. The van der Waals surface area contributed by atoms with Gasteiger partial charge in [-0.05, 0) is 23.3 Å². The van der Waals surface area contributed by atoms with Gasteiger partial charge in [0.25, 0.3) is 0 Å². The summed E-state index contributed by atoms with van der Waals surface area (Å²) in [5.41, 5.74) is 2.83. The Morgan fingerprint density at radius 1 is 1.21 bits per heavy atom. The van der Waals surface area contributed by atoms with Gasteiger partial charge in [0.2, 0.25) is 5.91 Å². The van der Waals surface area contributed by atoms with Crippen LogP contribution in [0.2, 0.25) is 5.02 Å². The number of carbonyl (C=O) groups is 1. The fourth-order valence-electron chi connectivity index (χ4n) is 3.18. The van der Waals surface area contributed by atoms with Gasteiger partial charge in [-0.15, -0.1) is 0 Å². The van der Waals surface area contributed by atoms with Crippen LogP contribution in [-0.4, -0.2) is 17.4 Å². The predicted octanol–water partition coefficient (Wildman–Crippen LogP) is 3.71. The molecule has 1 amide bonds. The molecule has 1 atom stereocenters. The number of nitrogens with one attached hydrogen (secondary N) is 2. The van der Waals surface area contributed by atoms with E-state index in [1.54, 1.807) is 12.4 Å². The van der Waals surface area contributed by atoms with Crippen molar-refractivity contribution in [2.24, 2.45) is 0 Å². The number of pyridine rings is 1. The molecule has 0 aliphatic carbocycles. The molecule has 2 N–H and O–H groups in total. The van der Waals surface area contributed by atoms with Crippen molar-refractivity contribution in [3.63, 3.8) is 0 Å². The lowest BCUT2D eigenvalue weighted by Crippen LogP contribution is -2.35. The lowest BCUT2D eigenvalue weighted by Gasteiger charge is -2.26. The Bertz CT molecular complexity index is 920. The van der Waals surface area contributed by atoms with Crippen LogP contribution in [0.3, 0.4) is 0 Å². The quantitative estimate of drug-likeness (QED) is 0.749. The molecule has 24 heavy (non-hydrogen) atoms. The van der Waals surface area contributed by atoms with E-state index < -0.39 is 0 Å². The van der Waals surface area contributed by atoms with E-state index in [1.165, 1.54) is 0 Å². The summed E-state index contributed by atoms with van der Waals surface area (Å²) in [4.78, 5) is 17.1. The average Bonchev–Trinajstić information content (AvgIpc) is 2.61. The lowest BCUT2D eigenvalue weighted by molar-refractivity contribution is -0.117. The molecule has 0 radical (unpaired) electrons. The van der Waals surface area contributed by atoms with Crippen molar-refractivity contribution in [3.8, 4) is 0 Å². The first-order valence-electron chi connectivity index (χ1n) is 7.85. The third-order valence-corrected chi connectivity index (χ3v) is 4.62. The van der Waals surface area contributed by atoms with E-state index in [0.29, 0.717) is 11.6 Å². The molecule has 0 saturated heterocycles. The van der Waals surface area contributed by atoms with Crippen molar-refractivity contribution in [3.05, 3.63) is 71.0 Å². The van der Waals surface area contributed by atoms with Crippen molar-refractivity contribution >= 4 is 34.0 Å². The number of benzene rings is 2. The molecule has 0 saturated carbocycles. The van der Waals surface area contributed by atoms with E-state index in [9.17, 15) is 4.79 Å². The van der Waals surface area contributed by atoms with Gasteiger partial charge in [-0.3, -0.25) is 9.78 Å². The third-order valence-electron chi connectivity index (χ3n) is 4.39. The second-order valence-corrected chi connectivity index (χ2v) is 6.36. The highest BCUT2D eigenvalue weighted by Gasteiger charge is 2.27. The van der Waals surface area contributed by atoms with Gasteiger partial charge >= 0.3 is 0 Å². The van der Waals surface area contributed by atoms with Gasteiger partial charge in [0, 0.05) is 35.1 Å². The SMILES string of the molecule is O=C(Nc1cncc2ccccc12)[C@H]1CNCc2ccc(Cl)cc21. The summed E-state index contributed by atoms with van der Waals surface area (Å²) >= 11 is 6.12. The van der Waals surface area contributed by atoms with Gasteiger partial charge < -0.3 is 10.6 Å². The van der Waals surface area contributed by atoms with Crippen LogP contribution in [0.15, 0.2) is 54.9 Å². The number of amides is 1. The Labute approximate surface area is 144 Å². The van der Waals surface area contributed by atoms with Crippen LogP contribution in [-0.2, 0) is 11.3 Å². The van der Waals surface area contributed by atoms with Gasteiger partial charge in [-0.1, -0.05) is 41.9 Å². The van der Waals surface area contributed by atoms with Crippen LogP contribution in [0, 0.1) is 0 Å². The van der Waals surface area contributed by atoms with Crippen molar-refractivity contribution in [2.45, 2.75) is 12.5 Å². The second-order valence-electron chi connectivity index (χ2n) is 5.92. The summed E-state index contributed by atoms with van der Waals surface area (Å²) < 4.78 is 0. The van der Waals surface area contributed by atoms with E-state index in [4.69, 9.17) is 11.6 Å². The number of nitrogens with zero attached hydrogens (tertiary/aromatic N) is 1. The van der Waals surface area contributed by atoms with E-state index >= 15 is 0 Å². The van der Waals surface area contributed by atoms with Crippen LogP contribution in [0.5, 0.6) is 0 Å². The second kappa shape index (κ2) is 6.23. The number of anilines is 1. The number of fused-ring (bicyclic) bond motifs is 2. The molecule has 4 nitrogen and oxygen atoms in total. The Balaban J connectivity index is 1.67. The minimum absolute atomic E-state index is 0.0520. The minimum atomic E-state index is -0.272. The van der Waals surface area contributed by atoms with E-state index in [2.05, 4.69) is 15.6 Å². The normalized spacial score (nSPS) is 16.6. The Morgan fingerprint density at radius 3 is 3.00 bits per heavy atom. The van der Waals surface area contributed by atoms with Crippen molar-refractivity contribution in [2.75, 3.05) is 11.9 Å². The first kappa shape index (κ1) is 15.1. The zero-order chi connectivity index (χ0) is 16.5. The number of halogens is 1. The molecule has 5 heteroatoms. The van der Waals surface area contributed by atoms with Crippen LogP contribution < -0.4 is 10.6 Å². The van der Waals surface area contributed by atoms with Crippen LogP contribution >= 0.6 is 11.6 Å². The molecule has 3 aromatic rings. The molecular formula is C19H16ClN3O. The van der Waals surface area contributed by atoms with Gasteiger partial charge in [-0.25, -0.2) is 0 Å². The summed E-state index contributed by atoms with van der Waals surface area (Å²) in [6, 6.07) is 13.6. The zero-order valence-corrected chi connectivity index (χ0v) is 13.7.